The highest BCUT2D eigenvalue weighted by atomic mass is 35.5. The van der Waals surface area contributed by atoms with Crippen molar-refractivity contribution < 1.29 is 31.1 Å². The van der Waals surface area contributed by atoms with Crippen LogP contribution in [0.2, 0.25) is 5.02 Å². The smallest absolute Gasteiger partial charge is 0.337 e. The van der Waals surface area contributed by atoms with Gasteiger partial charge in [0.2, 0.25) is 0 Å². The van der Waals surface area contributed by atoms with E-state index in [1.165, 1.54) is 25.3 Å². The lowest BCUT2D eigenvalue weighted by atomic mass is 9.95. The van der Waals surface area contributed by atoms with E-state index in [-0.39, 0.29) is 48.9 Å². The first-order chi connectivity index (χ1) is 22.5. The van der Waals surface area contributed by atoms with Crippen LogP contribution in [0.5, 0.6) is 0 Å². The van der Waals surface area contributed by atoms with Gasteiger partial charge in [0, 0.05) is 32.7 Å². The Morgan fingerprint density at radius 3 is 2.28 bits per heavy atom. The van der Waals surface area contributed by atoms with E-state index in [0.717, 1.165) is 34.3 Å². The Hall–Kier alpha value is -5.37. The molecule has 0 aliphatic carbocycles. The van der Waals surface area contributed by atoms with E-state index < -0.39 is 28.2 Å². The molecule has 0 unspecified atom stereocenters. The number of benzene rings is 5. The predicted octanol–water partition coefficient (Wildman–Crippen LogP) is 9.95. The minimum Gasteiger partial charge on any atom is -0.465 e. The highest BCUT2D eigenvalue weighted by Crippen LogP contribution is 2.47. The van der Waals surface area contributed by atoms with E-state index >= 15 is 0 Å². The van der Waals surface area contributed by atoms with Crippen LogP contribution < -0.4 is 0 Å². The molecular weight excluding hydrogens is 649 g/mol. The van der Waals surface area contributed by atoms with Gasteiger partial charge in [0.25, 0.3) is 16.4 Å². The maximum atomic E-state index is 14.9. The van der Waals surface area contributed by atoms with Crippen LogP contribution in [0.1, 0.15) is 22.3 Å². The van der Waals surface area contributed by atoms with Gasteiger partial charge in [-0.15, -0.1) is 0 Å². The zero-order valence-electron chi connectivity index (χ0n) is 24.4. The molecule has 1 aromatic heterocycles. The van der Waals surface area contributed by atoms with Crippen molar-refractivity contribution in [3.8, 4) is 33.5 Å². The fraction of sp³-hybridized carbons (Fsp3) is 0.0556. The predicted molar refractivity (Wildman–Crippen MR) is 175 cm³/mol. The third kappa shape index (κ3) is 5.65. The summed E-state index contributed by atoms with van der Waals surface area (Å²) in [6.07, 6.45) is -2.80. The number of hydrogen-bond acceptors (Lipinski definition) is 4. The number of carbonyl (C=O) groups is 1. The Labute approximate surface area is 273 Å². The standard InChI is InChI=1S/C36H22ClF3N2O4S/c1-41-31-9-4-3-8-28(31)33-29-20-25(38)13-17-32(29)42(47(44,45)26-14-10-21(11-15-26)35(39)40)34(33)23-7-5-6-22(18-23)27-16-12-24(19-30(27)37)36(43)46-2/h3-20,35H,2H3. The molecule has 6 rings (SSSR count). The van der Waals surface area contributed by atoms with E-state index in [1.54, 1.807) is 60.7 Å². The van der Waals surface area contributed by atoms with Crippen LogP contribution in [-0.4, -0.2) is 25.5 Å². The summed E-state index contributed by atoms with van der Waals surface area (Å²) in [4.78, 5) is 15.4. The third-order valence-electron chi connectivity index (χ3n) is 7.69. The molecule has 1 heterocycles. The molecule has 0 N–H and O–H groups in total. The number of aromatic nitrogens is 1. The van der Waals surface area contributed by atoms with Crippen molar-refractivity contribution in [1.29, 1.82) is 0 Å². The minimum absolute atomic E-state index is 0.111. The largest absolute Gasteiger partial charge is 0.465 e. The van der Waals surface area contributed by atoms with Gasteiger partial charge in [-0.2, -0.15) is 0 Å². The quantitative estimate of drug-likeness (QED) is 0.125. The Bertz CT molecular complexity index is 2350. The van der Waals surface area contributed by atoms with E-state index in [2.05, 4.69) is 4.85 Å². The number of methoxy groups -OCH3 is 1. The lowest BCUT2D eigenvalue weighted by Gasteiger charge is -2.16. The van der Waals surface area contributed by atoms with Gasteiger partial charge in [-0.1, -0.05) is 72.3 Å². The Kier molecular flexibility index (Phi) is 8.36. The molecule has 0 saturated carbocycles. The summed E-state index contributed by atoms with van der Waals surface area (Å²) in [7, 11) is -3.26. The third-order valence-corrected chi connectivity index (χ3v) is 9.73. The summed E-state index contributed by atoms with van der Waals surface area (Å²) in [5.41, 5.74) is 2.43. The van der Waals surface area contributed by atoms with Crippen LogP contribution in [0.15, 0.2) is 114 Å². The lowest BCUT2D eigenvalue weighted by molar-refractivity contribution is 0.0600. The zero-order chi connectivity index (χ0) is 33.5. The molecule has 5 aromatic carbocycles. The summed E-state index contributed by atoms with van der Waals surface area (Å²) in [5.74, 6) is -1.20. The summed E-state index contributed by atoms with van der Waals surface area (Å²) in [6, 6.07) is 25.9. The number of ether oxygens (including phenoxy) is 1. The number of alkyl halides is 2. The second-order valence-corrected chi connectivity index (χ2v) is 12.6. The SMILES string of the molecule is [C-]#[N+]c1ccccc1-c1c(-c2cccc(-c3ccc(C(=O)OC)cc3Cl)c2)n(S(=O)(=O)c2ccc(C(F)F)cc2)c2ccc(F)cc12. The molecule has 6 aromatic rings. The summed E-state index contributed by atoms with van der Waals surface area (Å²) >= 11 is 6.59. The van der Waals surface area contributed by atoms with Gasteiger partial charge in [-0.05, 0) is 59.7 Å². The fourth-order valence-electron chi connectivity index (χ4n) is 5.52. The molecule has 0 aliphatic heterocycles. The Balaban J connectivity index is 1.70. The molecule has 0 saturated heterocycles. The Morgan fingerprint density at radius 1 is 0.872 bits per heavy atom. The van der Waals surface area contributed by atoms with Crippen molar-refractivity contribution in [3.05, 3.63) is 143 Å². The number of carbonyl (C=O) groups excluding carboxylic acids is 1. The van der Waals surface area contributed by atoms with Gasteiger partial charge in [0.1, 0.15) is 5.82 Å². The molecule has 234 valence electrons. The number of esters is 1. The maximum Gasteiger partial charge on any atom is 0.337 e. The number of fused-ring (bicyclic) bond motifs is 1. The first-order valence-corrected chi connectivity index (χ1v) is 15.8. The van der Waals surface area contributed by atoms with E-state index in [1.807, 2.05) is 0 Å². The molecule has 0 amide bonds. The molecular formula is C36H22ClF3N2O4S. The molecule has 0 fully saturated rings. The Morgan fingerprint density at radius 2 is 1.60 bits per heavy atom. The summed E-state index contributed by atoms with van der Waals surface area (Å²) in [5, 5.41) is 0.452. The number of halogens is 4. The molecule has 6 nitrogen and oxygen atoms in total. The van der Waals surface area contributed by atoms with Crippen molar-refractivity contribution in [1.82, 2.24) is 3.97 Å². The molecule has 0 atom stereocenters. The minimum atomic E-state index is -4.52. The first-order valence-electron chi connectivity index (χ1n) is 14.0. The van der Waals surface area contributed by atoms with Crippen LogP contribution in [0.4, 0.5) is 18.9 Å². The van der Waals surface area contributed by atoms with Gasteiger partial charge < -0.3 is 4.74 Å². The van der Waals surface area contributed by atoms with Crippen LogP contribution >= 0.6 is 11.6 Å². The van der Waals surface area contributed by atoms with Crippen molar-refractivity contribution in [2.24, 2.45) is 0 Å². The average molecular weight is 671 g/mol. The van der Waals surface area contributed by atoms with Crippen molar-refractivity contribution >= 4 is 44.2 Å². The number of hydrogen-bond donors (Lipinski definition) is 0. The van der Waals surface area contributed by atoms with Crippen LogP contribution in [0.25, 0.3) is 49.3 Å². The molecule has 11 heteroatoms. The van der Waals surface area contributed by atoms with Crippen molar-refractivity contribution in [2.75, 3.05) is 7.11 Å². The number of rotatable bonds is 7. The van der Waals surface area contributed by atoms with Gasteiger partial charge in [-0.25, -0.2) is 35.2 Å². The zero-order valence-corrected chi connectivity index (χ0v) is 26.0. The maximum absolute atomic E-state index is 14.9. The first kappa shape index (κ1) is 31.6. The van der Waals surface area contributed by atoms with E-state index in [9.17, 15) is 26.4 Å². The van der Waals surface area contributed by atoms with Crippen LogP contribution in [0, 0.1) is 12.4 Å². The molecule has 0 aliphatic rings. The van der Waals surface area contributed by atoms with Crippen LogP contribution in [-0.2, 0) is 14.8 Å². The summed E-state index contributed by atoms with van der Waals surface area (Å²) < 4.78 is 76.4. The van der Waals surface area contributed by atoms with Gasteiger partial charge in [-0.3, -0.25) is 0 Å². The van der Waals surface area contributed by atoms with E-state index in [4.69, 9.17) is 22.9 Å². The highest BCUT2D eigenvalue weighted by molar-refractivity contribution is 7.90. The van der Waals surface area contributed by atoms with Gasteiger partial charge in [0.15, 0.2) is 5.69 Å². The second-order valence-electron chi connectivity index (χ2n) is 10.4. The van der Waals surface area contributed by atoms with Crippen molar-refractivity contribution in [3.63, 3.8) is 0 Å². The summed E-state index contributed by atoms with van der Waals surface area (Å²) in [6.45, 7) is 7.83. The van der Waals surface area contributed by atoms with E-state index in [0.29, 0.717) is 22.3 Å². The lowest BCUT2D eigenvalue weighted by Crippen LogP contribution is -2.14. The normalized spacial score (nSPS) is 11.5. The molecule has 0 radical (unpaired) electrons. The second kappa shape index (κ2) is 12.4. The average Bonchev–Trinajstić information content (AvgIpc) is 3.42. The van der Waals surface area contributed by atoms with Gasteiger partial charge in [0.05, 0.1) is 35.4 Å². The highest BCUT2D eigenvalue weighted by Gasteiger charge is 2.30. The van der Waals surface area contributed by atoms with Gasteiger partial charge >= 0.3 is 5.97 Å². The molecule has 47 heavy (non-hydrogen) atoms. The van der Waals surface area contributed by atoms with Crippen molar-refractivity contribution in [2.45, 2.75) is 11.3 Å². The molecule has 0 bridgehead atoms. The molecule has 0 spiro atoms. The topological polar surface area (TPSA) is 69.7 Å². The fourth-order valence-corrected chi connectivity index (χ4v) is 7.36. The number of para-hydroxylation sites is 1. The van der Waals surface area contributed by atoms with Crippen LogP contribution in [0.3, 0.4) is 0 Å². The monoisotopic (exact) mass is 670 g/mol. The number of nitrogens with zero attached hydrogens (tertiary/aromatic N) is 2.